The van der Waals surface area contributed by atoms with Gasteiger partial charge >= 0.3 is 0 Å². The largest absolute Gasteiger partial charge is 0.341 e. The molecule has 0 bridgehead atoms. The molecule has 0 aromatic carbocycles. The molecule has 1 aliphatic heterocycles. The number of nitrogens with one attached hydrogen (secondary N) is 2. The minimum absolute atomic E-state index is 0.0619. The molecule has 2 saturated carbocycles. The molecular formula is C23H34N4O. The van der Waals surface area contributed by atoms with Crippen LogP contribution in [-0.4, -0.2) is 22.4 Å². The number of nitrogens with zero attached hydrogens (tertiary/aromatic N) is 2. The number of hydrogen-bond acceptors (Lipinski definition) is 3. The van der Waals surface area contributed by atoms with Gasteiger partial charge in [0.15, 0.2) is 0 Å². The molecule has 1 amide bonds. The van der Waals surface area contributed by atoms with Crippen molar-refractivity contribution in [2.45, 2.75) is 89.0 Å². The van der Waals surface area contributed by atoms with E-state index in [9.17, 15) is 4.79 Å². The van der Waals surface area contributed by atoms with Crippen LogP contribution in [0, 0.1) is 17.2 Å². The minimum atomic E-state index is -0.605. The number of carbonyl (C=O) groups is 1. The average molecular weight is 383 g/mol. The number of hydrogen-bond donors (Lipinski definition) is 2. The number of amides is 1. The average Bonchev–Trinajstić information content (AvgIpc) is 2.98. The smallest absolute Gasteiger partial charge is 0.259 e. The first kappa shape index (κ1) is 19.4. The Morgan fingerprint density at radius 3 is 2.39 bits per heavy atom. The molecule has 5 heteroatoms. The summed E-state index contributed by atoms with van der Waals surface area (Å²) in [6.07, 6.45) is 19.2. The zero-order valence-corrected chi connectivity index (χ0v) is 17.0. The molecule has 1 saturated heterocycles. The quantitative estimate of drug-likeness (QED) is 0.725. The SMILES string of the molecule is N=C1N[C@](CCC2CCCCC2)(CC2CCCCC2)C(=O)N1c1cccnc1. The van der Waals surface area contributed by atoms with E-state index in [0.29, 0.717) is 11.6 Å². The molecule has 1 aromatic heterocycles. The van der Waals surface area contributed by atoms with Gasteiger partial charge in [0.05, 0.1) is 11.9 Å². The van der Waals surface area contributed by atoms with Crippen LogP contribution in [0.15, 0.2) is 24.5 Å². The summed E-state index contributed by atoms with van der Waals surface area (Å²) in [6.45, 7) is 0. The first-order chi connectivity index (χ1) is 13.7. The summed E-state index contributed by atoms with van der Waals surface area (Å²) in [5.41, 5.74) is 0.0972. The minimum Gasteiger partial charge on any atom is -0.341 e. The lowest BCUT2D eigenvalue weighted by Crippen LogP contribution is -2.49. The van der Waals surface area contributed by atoms with Crippen molar-refractivity contribution in [3.05, 3.63) is 24.5 Å². The van der Waals surface area contributed by atoms with E-state index in [4.69, 9.17) is 5.41 Å². The van der Waals surface area contributed by atoms with Gasteiger partial charge in [-0.25, -0.2) is 4.90 Å². The Morgan fingerprint density at radius 1 is 1.07 bits per heavy atom. The Bertz CT molecular complexity index is 679. The summed E-state index contributed by atoms with van der Waals surface area (Å²) in [6, 6.07) is 3.71. The lowest BCUT2D eigenvalue weighted by Gasteiger charge is -2.34. The zero-order chi connectivity index (χ0) is 19.4. The van der Waals surface area contributed by atoms with Crippen molar-refractivity contribution in [3.8, 4) is 0 Å². The fourth-order valence-corrected chi connectivity index (χ4v) is 5.60. The van der Waals surface area contributed by atoms with Crippen molar-refractivity contribution in [2.75, 3.05) is 4.90 Å². The third-order valence-electron chi connectivity index (χ3n) is 7.16. The highest BCUT2D eigenvalue weighted by Gasteiger charge is 2.50. The van der Waals surface area contributed by atoms with Crippen molar-refractivity contribution >= 4 is 17.6 Å². The van der Waals surface area contributed by atoms with Crippen LogP contribution in [0.5, 0.6) is 0 Å². The topological polar surface area (TPSA) is 69.1 Å². The van der Waals surface area contributed by atoms with Crippen LogP contribution in [0.4, 0.5) is 5.69 Å². The van der Waals surface area contributed by atoms with Gasteiger partial charge in [0.25, 0.3) is 5.91 Å². The summed E-state index contributed by atoms with van der Waals surface area (Å²) >= 11 is 0. The predicted molar refractivity (Wildman–Crippen MR) is 112 cm³/mol. The molecule has 28 heavy (non-hydrogen) atoms. The molecule has 5 nitrogen and oxygen atoms in total. The number of aromatic nitrogens is 1. The van der Waals surface area contributed by atoms with E-state index in [1.807, 2.05) is 12.1 Å². The molecule has 0 spiro atoms. The highest BCUT2D eigenvalue weighted by atomic mass is 16.2. The van der Waals surface area contributed by atoms with E-state index in [-0.39, 0.29) is 11.9 Å². The standard InChI is InChI=1S/C23H34N4O/c24-22-26-23(16-19-10-5-2-6-11-19,14-13-18-8-3-1-4-9-18)21(28)27(22)20-12-7-15-25-17-20/h7,12,15,17-19H,1-6,8-11,13-14,16H2,(H2,24,26)/t23-/m1/s1. The monoisotopic (exact) mass is 382 g/mol. The molecule has 2 aliphatic carbocycles. The van der Waals surface area contributed by atoms with Gasteiger partial charge in [0.1, 0.15) is 5.54 Å². The van der Waals surface area contributed by atoms with Crippen molar-refractivity contribution in [3.63, 3.8) is 0 Å². The molecule has 3 aliphatic rings. The lowest BCUT2D eigenvalue weighted by molar-refractivity contribution is -0.123. The van der Waals surface area contributed by atoms with E-state index in [0.717, 1.165) is 25.2 Å². The Kier molecular flexibility index (Phi) is 5.98. The summed E-state index contributed by atoms with van der Waals surface area (Å²) in [5, 5.41) is 11.9. The third-order valence-corrected chi connectivity index (χ3v) is 7.16. The van der Waals surface area contributed by atoms with E-state index in [2.05, 4.69) is 10.3 Å². The van der Waals surface area contributed by atoms with Gasteiger partial charge in [-0.1, -0.05) is 64.2 Å². The number of guanidine groups is 1. The zero-order valence-electron chi connectivity index (χ0n) is 17.0. The van der Waals surface area contributed by atoms with Crippen molar-refractivity contribution in [1.29, 1.82) is 5.41 Å². The Hall–Kier alpha value is -1.91. The Labute approximate surface area is 168 Å². The summed E-state index contributed by atoms with van der Waals surface area (Å²) in [7, 11) is 0. The second-order valence-corrected chi connectivity index (χ2v) is 9.16. The maximum Gasteiger partial charge on any atom is 0.259 e. The molecule has 2 N–H and O–H groups in total. The van der Waals surface area contributed by atoms with Gasteiger partial charge in [-0.15, -0.1) is 0 Å². The first-order valence-electron chi connectivity index (χ1n) is 11.3. The van der Waals surface area contributed by atoms with Gasteiger partial charge in [-0.2, -0.15) is 0 Å². The van der Waals surface area contributed by atoms with Crippen LogP contribution in [0.25, 0.3) is 0 Å². The molecule has 2 heterocycles. The second kappa shape index (κ2) is 8.62. The van der Waals surface area contributed by atoms with E-state index >= 15 is 0 Å². The van der Waals surface area contributed by atoms with Crippen LogP contribution >= 0.6 is 0 Å². The molecule has 0 radical (unpaired) electrons. The highest BCUT2D eigenvalue weighted by Crippen LogP contribution is 2.39. The highest BCUT2D eigenvalue weighted by molar-refractivity contribution is 6.24. The lowest BCUT2D eigenvalue weighted by atomic mass is 9.75. The van der Waals surface area contributed by atoms with Crippen LogP contribution in [0.1, 0.15) is 83.5 Å². The second-order valence-electron chi connectivity index (χ2n) is 9.16. The van der Waals surface area contributed by atoms with Crippen molar-refractivity contribution < 1.29 is 4.79 Å². The first-order valence-corrected chi connectivity index (χ1v) is 11.3. The summed E-state index contributed by atoms with van der Waals surface area (Å²) < 4.78 is 0. The number of anilines is 1. The molecule has 3 fully saturated rings. The number of pyridine rings is 1. The van der Waals surface area contributed by atoms with Crippen molar-refractivity contribution in [2.24, 2.45) is 11.8 Å². The van der Waals surface area contributed by atoms with E-state index in [1.54, 1.807) is 17.3 Å². The van der Waals surface area contributed by atoms with Gasteiger partial charge in [-0.3, -0.25) is 15.2 Å². The fourth-order valence-electron chi connectivity index (χ4n) is 5.60. The van der Waals surface area contributed by atoms with E-state index in [1.165, 1.54) is 64.2 Å². The summed E-state index contributed by atoms with van der Waals surface area (Å²) in [4.78, 5) is 19.4. The fraction of sp³-hybridized carbons (Fsp3) is 0.696. The molecule has 152 valence electrons. The number of carbonyl (C=O) groups excluding carboxylic acids is 1. The van der Waals surface area contributed by atoms with Gasteiger partial charge in [0.2, 0.25) is 5.96 Å². The van der Waals surface area contributed by atoms with Gasteiger partial charge in [0, 0.05) is 6.20 Å². The number of rotatable bonds is 6. The molecular weight excluding hydrogens is 348 g/mol. The maximum absolute atomic E-state index is 13.7. The summed E-state index contributed by atoms with van der Waals surface area (Å²) in [5.74, 6) is 1.62. The predicted octanol–water partition coefficient (Wildman–Crippen LogP) is 5.02. The molecule has 0 unspecified atom stereocenters. The Balaban J connectivity index is 1.55. The molecule has 1 aromatic rings. The van der Waals surface area contributed by atoms with Gasteiger partial charge < -0.3 is 5.32 Å². The van der Waals surface area contributed by atoms with Crippen molar-refractivity contribution in [1.82, 2.24) is 10.3 Å². The van der Waals surface area contributed by atoms with Gasteiger partial charge in [-0.05, 0) is 43.2 Å². The van der Waals surface area contributed by atoms with Crippen LogP contribution < -0.4 is 10.2 Å². The van der Waals surface area contributed by atoms with E-state index < -0.39 is 5.54 Å². The normalized spacial score (nSPS) is 27.2. The molecule has 4 rings (SSSR count). The maximum atomic E-state index is 13.7. The van der Waals surface area contributed by atoms with Crippen LogP contribution in [0.2, 0.25) is 0 Å². The van der Waals surface area contributed by atoms with Crippen LogP contribution in [-0.2, 0) is 4.79 Å². The van der Waals surface area contributed by atoms with Crippen LogP contribution in [0.3, 0.4) is 0 Å². The molecule has 1 atom stereocenters. The Morgan fingerprint density at radius 2 is 1.75 bits per heavy atom. The third kappa shape index (κ3) is 4.08.